The second-order valence-corrected chi connectivity index (χ2v) is 5.79. The molecular weight excluding hydrogens is 338 g/mol. The van der Waals surface area contributed by atoms with Crippen LogP contribution in [-0.2, 0) is 0 Å². The van der Waals surface area contributed by atoms with Gasteiger partial charge in [0.05, 0.1) is 11.7 Å². The van der Waals surface area contributed by atoms with Gasteiger partial charge in [0.15, 0.2) is 0 Å². The van der Waals surface area contributed by atoms with Gasteiger partial charge in [-0.25, -0.2) is 4.98 Å². The summed E-state index contributed by atoms with van der Waals surface area (Å²) in [5, 5.41) is 7.64. The molecule has 20 heavy (non-hydrogen) atoms. The lowest BCUT2D eigenvalue weighted by molar-refractivity contribution is 1.29. The summed E-state index contributed by atoms with van der Waals surface area (Å²) in [5.41, 5.74) is 10.2. The number of hydrazone groups is 1. The predicted molar refractivity (Wildman–Crippen MR) is 87.2 cm³/mol. The topological polar surface area (TPSA) is 76.2 Å². The van der Waals surface area contributed by atoms with Crippen LogP contribution >= 0.6 is 27.3 Å². The predicted octanol–water partition coefficient (Wildman–Crippen LogP) is 3.48. The number of para-hydroxylation sites is 1. The van der Waals surface area contributed by atoms with Gasteiger partial charge in [-0.15, -0.1) is 11.3 Å². The van der Waals surface area contributed by atoms with Gasteiger partial charge in [0.2, 0.25) is 5.13 Å². The lowest BCUT2D eigenvalue weighted by Gasteiger charge is -2.01. The van der Waals surface area contributed by atoms with Crippen LogP contribution in [0.15, 0.2) is 45.4 Å². The number of nitrogens with two attached hydrogens (primary N) is 1. The quantitative estimate of drug-likeness (QED) is 0.561. The third-order valence-electron chi connectivity index (χ3n) is 2.59. The van der Waals surface area contributed by atoms with Gasteiger partial charge >= 0.3 is 0 Å². The molecule has 0 aliphatic carbocycles. The molecule has 0 amide bonds. The first kappa shape index (κ1) is 13.0. The summed E-state index contributed by atoms with van der Waals surface area (Å²) in [4.78, 5) is 8.48. The van der Waals surface area contributed by atoms with Gasteiger partial charge in [0, 0.05) is 27.0 Å². The van der Waals surface area contributed by atoms with Crippen LogP contribution in [-0.4, -0.2) is 16.2 Å². The van der Waals surface area contributed by atoms with E-state index in [0.717, 1.165) is 20.9 Å². The average molecular weight is 348 g/mol. The SMILES string of the molecule is Nc1csc(NN=Cc2cccc3cc(Br)cnc23)n1. The van der Waals surface area contributed by atoms with E-state index in [2.05, 4.69) is 36.4 Å². The van der Waals surface area contributed by atoms with Crippen molar-refractivity contribution in [2.45, 2.75) is 0 Å². The lowest BCUT2D eigenvalue weighted by Crippen LogP contribution is -1.93. The molecule has 1 aromatic carbocycles. The summed E-state index contributed by atoms with van der Waals surface area (Å²) in [7, 11) is 0. The van der Waals surface area contributed by atoms with Crippen LogP contribution in [0.1, 0.15) is 5.56 Å². The number of benzene rings is 1. The molecule has 0 unspecified atom stereocenters. The van der Waals surface area contributed by atoms with Crippen LogP contribution in [0.5, 0.6) is 0 Å². The van der Waals surface area contributed by atoms with Crippen LogP contribution in [0.2, 0.25) is 0 Å². The number of hydrogen-bond donors (Lipinski definition) is 2. The Morgan fingerprint density at radius 1 is 1.40 bits per heavy atom. The molecule has 0 aliphatic rings. The molecule has 0 atom stereocenters. The zero-order valence-electron chi connectivity index (χ0n) is 10.2. The maximum atomic E-state index is 5.54. The number of anilines is 2. The third-order valence-corrected chi connectivity index (χ3v) is 3.79. The molecule has 0 radical (unpaired) electrons. The van der Waals surface area contributed by atoms with Crippen molar-refractivity contribution < 1.29 is 0 Å². The second kappa shape index (κ2) is 5.56. The van der Waals surface area contributed by atoms with Crippen LogP contribution in [0, 0.1) is 0 Å². The maximum absolute atomic E-state index is 5.54. The van der Waals surface area contributed by atoms with E-state index in [9.17, 15) is 0 Å². The Morgan fingerprint density at radius 2 is 2.30 bits per heavy atom. The number of nitrogens with one attached hydrogen (secondary N) is 1. The number of nitrogens with zero attached hydrogens (tertiary/aromatic N) is 3. The molecule has 3 aromatic rings. The van der Waals surface area contributed by atoms with E-state index in [-0.39, 0.29) is 0 Å². The minimum Gasteiger partial charge on any atom is -0.383 e. The normalized spacial score (nSPS) is 11.2. The van der Waals surface area contributed by atoms with Crippen molar-refractivity contribution in [2.24, 2.45) is 5.10 Å². The van der Waals surface area contributed by atoms with Crippen molar-refractivity contribution in [3.63, 3.8) is 0 Å². The average Bonchev–Trinajstić information content (AvgIpc) is 2.84. The zero-order chi connectivity index (χ0) is 13.9. The minimum absolute atomic E-state index is 0.490. The minimum atomic E-state index is 0.490. The molecule has 5 nitrogen and oxygen atoms in total. The van der Waals surface area contributed by atoms with E-state index < -0.39 is 0 Å². The fraction of sp³-hybridized carbons (Fsp3) is 0. The van der Waals surface area contributed by atoms with Crippen molar-refractivity contribution in [3.05, 3.63) is 45.9 Å². The summed E-state index contributed by atoms with van der Waals surface area (Å²) in [6.45, 7) is 0. The largest absolute Gasteiger partial charge is 0.383 e. The molecule has 3 rings (SSSR count). The van der Waals surface area contributed by atoms with Gasteiger partial charge in [-0.1, -0.05) is 18.2 Å². The molecule has 3 N–H and O–H groups in total. The standard InChI is InChI=1S/C13H10BrN5S/c14-10-4-8-2-1-3-9(12(8)16-6-10)5-17-19-13-18-11(15)7-20-13/h1-7H,15H2,(H,18,19). The Bertz CT molecular complexity index is 783. The highest BCUT2D eigenvalue weighted by Gasteiger charge is 2.01. The fourth-order valence-corrected chi connectivity index (χ4v) is 2.65. The Labute approximate surface area is 127 Å². The van der Waals surface area contributed by atoms with Gasteiger partial charge < -0.3 is 5.73 Å². The maximum Gasteiger partial charge on any atom is 0.205 e. The van der Waals surface area contributed by atoms with Gasteiger partial charge in [-0.3, -0.25) is 10.4 Å². The summed E-state index contributed by atoms with van der Waals surface area (Å²) in [6.07, 6.45) is 3.50. The van der Waals surface area contributed by atoms with Crippen molar-refractivity contribution in [1.29, 1.82) is 0 Å². The van der Waals surface area contributed by atoms with Crippen LogP contribution in [0.3, 0.4) is 0 Å². The first-order valence-electron chi connectivity index (χ1n) is 5.77. The Kier molecular flexibility index (Phi) is 3.62. The summed E-state index contributed by atoms with van der Waals surface area (Å²) < 4.78 is 0.954. The van der Waals surface area contributed by atoms with Gasteiger partial charge in [0.1, 0.15) is 5.82 Å². The third kappa shape index (κ3) is 2.78. The molecule has 0 bridgehead atoms. The highest BCUT2D eigenvalue weighted by Crippen LogP contribution is 2.20. The van der Waals surface area contributed by atoms with E-state index in [0.29, 0.717) is 10.9 Å². The molecular formula is C13H10BrN5S. The Hall–Kier alpha value is -1.99. The highest BCUT2D eigenvalue weighted by atomic mass is 79.9. The number of fused-ring (bicyclic) bond motifs is 1. The lowest BCUT2D eigenvalue weighted by atomic mass is 10.1. The number of nitrogen functional groups attached to an aromatic ring is 1. The molecule has 7 heteroatoms. The molecule has 2 aromatic heterocycles. The van der Waals surface area contributed by atoms with E-state index in [1.807, 2.05) is 24.3 Å². The second-order valence-electron chi connectivity index (χ2n) is 4.02. The number of rotatable bonds is 3. The molecule has 0 aliphatic heterocycles. The molecule has 2 heterocycles. The van der Waals surface area contributed by atoms with Crippen molar-refractivity contribution in [1.82, 2.24) is 9.97 Å². The monoisotopic (exact) mass is 347 g/mol. The molecule has 0 spiro atoms. The molecule has 100 valence electrons. The molecule has 0 saturated heterocycles. The number of aromatic nitrogens is 2. The summed E-state index contributed by atoms with van der Waals surface area (Å²) >= 11 is 4.82. The van der Waals surface area contributed by atoms with Crippen molar-refractivity contribution in [3.8, 4) is 0 Å². The van der Waals surface area contributed by atoms with Crippen LogP contribution in [0.25, 0.3) is 10.9 Å². The van der Waals surface area contributed by atoms with Gasteiger partial charge in [0.25, 0.3) is 0 Å². The van der Waals surface area contributed by atoms with Crippen LogP contribution < -0.4 is 11.2 Å². The van der Waals surface area contributed by atoms with E-state index in [1.165, 1.54) is 11.3 Å². The van der Waals surface area contributed by atoms with Crippen molar-refractivity contribution >= 4 is 55.3 Å². The van der Waals surface area contributed by atoms with E-state index >= 15 is 0 Å². The summed E-state index contributed by atoms with van der Waals surface area (Å²) in [5.74, 6) is 0.490. The molecule has 0 fully saturated rings. The number of pyridine rings is 1. The van der Waals surface area contributed by atoms with Crippen molar-refractivity contribution in [2.75, 3.05) is 11.2 Å². The fourth-order valence-electron chi connectivity index (χ4n) is 1.76. The van der Waals surface area contributed by atoms with E-state index in [1.54, 1.807) is 17.8 Å². The summed E-state index contributed by atoms with van der Waals surface area (Å²) in [6, 6.07) is 7.97. The Morgan fingerprint density at radius 3 is 3.10 bits per heavy atom. The van der Waals surface area contributed by atoms with E-state index in [4.69, 9.17) is 5.73 Å². The first-order valence-corrected chi connectivity index (χ1v) is 7.44. The zero-order valence-corrected chi connectivity index (χ0v) is 12.6. The van der Waals surface area contributed by atoms with Crippen LogP contribution in [0.4, 0.5) is 10.9 Å². The number of halogens is 1. The Balaban J connectivity index is 1.87. The highest BCUT2D eigenvalue weighted by molar-refractivity contribution is 9.10. The number of hydrogen-bond acceptors (Lipinski definition) is 6. The first-order chi connectivity index (χ1) is 9.72. The van der Waals surface area contributed by atoms with Gasteiger partial charge in [-0.05, 0) is 22.0 Å². The number of thiazole rings is 1. The smallest absolute Gasteiger partial charge is 0.205 e. The molecule has 0 saturated carbocycles. The van der Waals surface area contributed by atoms with Gasteiger partial charge in [-0.2, -0.15) is 5.10 Å².